The molecule has 4 nitrogen and oxygen atoms in total. The van der Waals surface area contributed by atoms with Crippen LogP contribution >= 0.6 is 11.6 Å². The van der Waals surface area contributed by atoms with Gasteiger partial charge in [-0.15, -0.1) is 0 Å². The summed E-state index contributed by atoms with van der Waals surface area (Å²) in [7, 11) is 0. The number of anilines is 1. The Bertz CT molecular complexity index is 1180. The topological polar surface area (TPSA) is 43.0 Å². The number of benzene rings is 2. The summed E-state index contributed by atoms with van der Waals surface area (Å²) >= 11 is 6.22. The zero-order valence-corrected chi connectivity index (χ0v) is 15.1. The molecule has 0 saturated heterocycles. The van der Waals surface area contributed by atoms with Crippen molar-refractivity contribution in [2.45, 2.75) is 12.6 Å². The van der Waals surface area contributed by atoms with Crippen LogP contribution in [0.4, 0.5) is 19.0 Å². The van der Waals surface area contributed by atoms with Gasteiger partial charge in [0.2, 0.25) is 0 Å². The number of rotatable bonds is 2. The summed E-state index contributed by atoms with van der Waals surface area (Å²) in [5.74, 6) is 1.21. The van der Waals surface area contributed by atoms with E-state index in [4.69, 9.17) is 16.0 Å². The average Bonchev–Trinajstić information content (AvgIpc) is 3.35. The van der Waals surface area contributed by atoms with E-state index >= 15 is 0 Å². The van der Waals surface area contributed by atoms with Gasteiger partial charge in [-0.05, 0) is 36.8 Å². The second-order valence-electron chi connectivity index (χ2n) is 6.58. The first-order valence-corrected chi connectivity index (χ1v) is 9.01. The van der Waals surface area contributed by atoms with Crippen LogP contribution in [0.25, 0.3) is 28.1 Å². The summed E-state index contributed by atoms with van der Waals surface area (Å²) < 4.78 is 46.9. The molecule has 1 aliphatic rings. The van der Waals surface area contributed by atoms with Crippen LogP contribution in [-0.4, -0.2) is 16.3 Å². The highest BCUT2D eigenvalue weighted by atomic mass is 35.5. The molecule has 28 heavy (non-hydrogen) atoms. The Morgan fingerprint density at radius 3 is 2.71 bits per heavy atom. The van der Waals surface area contributed by atoms with Crippen LogP contribution in [0.3, 0.4) is 0 Å². The van der Waals surface area contributed by atoms with E-state index in [1.54, 1.807) is 0 Å². The van der Waals surface area contributed by atoms with Gasteiger partial charge in [-0.2, -0.15) is 18.3 Å². The molecule has 142 valence electrons. The SMILES string of the molecule is FC(F)(F)c1ccc(Cl)c(-n2nc(-c3cc4ccccc4o3)c3c2NCC3)c1. The smallest absolute Gasteiger partial charge is 0.416 e. The van der Waals surface area contributed by atoms with Crippen LogP contribution in [0.2, 0.25) is 5.02 Å². The minimum atomic E-state index is -4.47. The monoisotopic (exact) mass is 403 g/mol. The molecule has 4 aromatic rings. The first-order chi connectivity index (χ1) is 13.4. The molecule has 1 aliphatic heterocycles. The average molecular weight is 404 g/mol. The normalized spacial score (nSPS) is 13.7. The predicted octanol–water partition coefficient (Wildman–Crippen LogP) is 5.93. The van der Waals surface area contributed by atoms with Crippen molar-refractivity contribution in [1.82, 2.24) is 9.78 Å². The van der Waals surface area contributed by atoms with E-state index < -0.39 is 11.7 Å². The van der Waals surface area contributed by atoms with E-state index in [-0.39, 0.29) is 10.7 Å². The Balaban J connectivity index is 1.70. The lowest BCUT2D eigenvalue weighted by atomic mass is 10.1. The van der Waals surface area contributed by atoms with Crippen LogP contribution in [0, 0.1) is 0 Å². The molecular weight excluding hydrogens is 391 g/mol. The highest BCUT2D eigenvalue weighted by Crippen LogP contribution is 2.39. The number of nitrogens with zero attached hydrogens (tertiary/aromatic N) is 2. The Morgan fingerprint density at radius 1 is 1.11 bits per heavy atom. The standard InChI is InChI=1S/C20H13ClF3N3O/c21-14-6-5-12(20(22,23)24)10-15(14)27-19-13(7-8-25-19)18(26-27)17-9-11-3-1-2-4-16(11)28-17/h1-6,9-10,25H,7-8H2. The fourth-order valence-electron chi connectivity index (χ4n) is 3.50. The highest BCUT2D eigenvalue weighted by Gasteiger charge is 2.32. The Labute approximate surface area is 162 Å². The van der Waals surface area contributed by atoms with Gasteiger partial charge in [0.1, 0.15) is 17.1 Å². The summed E-state index contributed by atoms with van der Waals surface area (Å²) in [6, 6.07) is 12.7. The van der Waals surface area contributed by atoms with Gasteiger partial charge in [-0.1, -0.05) is 29.8 Å². The largest absolute Gasteiger partial charge is 0.454 e. The Morgan fingerprint density at radius 2 is 1.93 bits per heavy atom. The van der Waals surface area contributed by atoms with Crippen molar-refractivity contribution in [2.24, 2.45) is 0 Å². The fraction of sp³-hybridized carbons (Fsp3) is 0.150. The van der Waals surface area contributed by atoms with Crippen LogP contribution in [0.5, 0.6) is 0 Å². The zero-order valence-electron chi connectivity index (χ0n) is 14.3. The third kappa shape index (κ3) is 2.65. The number of hydrogen-bond acceptors (Lipinski definition) is 3. The summed E-state index contributed by atoms with van der Waals surface area (Å²) in [6.07, 6.45) is -3.77. The maximum Gasteiger partial charge on any atom is 0.416 e. The van der Waals surface area contributed by atoms with Gasteiger partial charge in [-0.3, -0.25) is 0 Å². The molecule has 0 spiro atoms. The molecule has 2 aromatic carbocycles. The Kier molecular flexibility index (Phi) is 3.71. The van der Waals surface area contributed by atoms with E-state index in [9.17, 15) is 13.2 Å². The third-order valence-corrected chi connectivity index (χ3v) is 5.13. The van der Waals surface area contributed by atoms with Gasteiger partial charge in [0.05, 0.1) is 16.3 Å². The number of furan rings is 1. The lowest BCUT2D eigenvalue weighted by molar-refractivity contribution is -0.137. The number of fused-ring (bicyclic) bond motifs is 2. The van der Waals surface area contributed by atoms with Gasteiger partial charge in [0, 0.05) is 17.5 Å². The van der Waals surface area contributed by atoms with Gasteiger partial charge in [0.25, 0.3) is 0 Å². The molecule has 0 atom stereocenters. The van der Waals surface area contributed by atoms with Crippen molar-refractivity contribution in [2.75, 3.05) is 11.9 Å². The number of halogens is 4. The maximum atomic E-state index is 13.2. The van der Waals surface area contributed by atoms with Gasteiger partial charge >= 0.3 is 6.18 Å². The predicted molar refractivity (Wildman–Crippen MR) is 101 cm³/mol. The molecular formula is C20H13ClF3N3O. The van der Waals surface area contributed by atoms with E-state index in [1.807, 2.05) is 30.3 Å². The van der Waals surface area contributed by atoms with E-state index in [1.165, 1.54) is 10.7 Å². The maximum absolute atomic E-state index is 13.2. The highest BCUT2D eigenvalue weighted by molar-refractivity contribution is 6.32. The molecule has 0 saturated carbocycles. The second kappa shape index (κ2) is 6.04. The number of alkyl halides is 3. The van der Waals surface area contributed by atoms with Gasteiger partial charge < -0.3 is 9.73 Å². The number of para-hydroxylation sites is 1. The van der Waals surface area contributed by atoms with Crippen molar-refractivity contribution >= 4 is 28.4 Å². The van der Waals surface area contributed by atoms with Crippen molar-refractivity contribution in [1.29, 1.82) is 0 Å². The molecule has 8 heteroatoms. The summed E-state index contributed by atoms with van der Waals surface area (Å²) in [6.45, 7) is 0.664. The van der Waals surface area contributed by atoms with Crippen LogP contribution < -0.4 is 5.32 Å². The van der Waals surface area contributed by atoms with Crippen molar-refractivity contribution in [3.8, 4) is 17.1 Å². The van der Waals surface area contributed by atoms with E-state index in [2.05, 4.69) is 10.4 Å². The molecule has 0 fully saturated rings. The molecule has 0 radical (unpaired) electrons. The van der Waals surface area contributed by atoms with Crippen molar-refractivity contribution in [3.63, 3.8) is 0 Å². The number of nitrogens with one attached hydrogen (secondary N) is 1. The molecule has 0 unspecified atom stereocenters. The minimum absolute atomic E-state index is 0.171. The Hall–Kier alpha value is -2.93. The molecule has 0 amide bonds. The van der Waals surface area contributed by atoms with Crippen molar-refractivity contribution < 1.29 is 17.6 Å². The summed E-state index contributed by atoms with van der Waals surface area (Å²) in [5, 5.41) is 8.87. The molecule has 0 bridgehead atoms. The zero-order chi connectivity index (χ0) is 19.5. The van der Waals surface area contributed by atoms with Gasteiger partial charge in [-0.25, -0.2) is 4.68 Å². The molecule has 3 heterocycles. The van der Waals surface area contributed by atoms with Crippen LogP contribution in [0.1, 0.15) is 11.1 Å². The minimum Gasteiger partial charge on any atom is -0.454 e. The lowest BCUT2D eigenvalue weighted by Crippen LogP contribution is -2.09. The second-order valence-corrected chi connectivity index (χ2v) is 6.98. The van der Waals surface area contributed by atoms with Gasteiger partial charge in [0.15, 0.2) is 5.76 Å². The first kappa shape index (κ1) is 17.2. The molecule has 5 rings (SSSR count). The van der Waals surface area contributed by atoms with Crippen LogP contribution in [-0.2, 0) is 12.6 Å². The first-order valence-electron chi connectivity index (χ1n) is 8.63. The molecule has 1 N–H and O–H groups in total. The summed E-state index contributed by atoms with van der Waals surface area (Å²) in [5.41, 5.74) is 1.62. The lowest BCUT2D eigenvalue weighted by Gasteiger charge is -2.12. The quantitative estimate of drug-likeness (QED) is 0.451. The van der Waals surface area contributed by atoms with Crippen LogP contribution in [0.15, 0.2) is 52.9 Å². The summed E-state index contributed by atoms with van der Waals surface area (Å²) in [4.78, 5) is 0. The number of hydrogen-bond donors (Lipinski definition) is 1. The fourth-order valence-corrected chi connectivity index (χ4v) is 3.69. The number of aromatic nitrogens is 2. The molecule has 2 aromatic heterocycles. The third-order valence-electron chi connectivity index (χ3n) is 4.81. The van der Waals surface area contributed by atoms with E-state index in [0.29, 0.717) is 30.2 Å². The van der Waals surface area contributed by atoms with Crippen molar-refractivity contribution in [3.05, 3.63) is 64.7 Å². The van der Waals surface area contributed by atoms with E-state index in [0.717, 1.165) is 28.7 Å². The molecule has 0 aliphatic carbocycles.